The van der Waals surface area contributed by atoms with Gasteiger partial charge >= 0.3 is 0 Å². The van der Waals surface area contributed by atoms with Gasteiger partial charge in [-0.05, 0) is 25.3 Å². The van der Waals surface area contributed by atoms with Crippen LogP contribution in [0.4, 0.5) is 0 Å². The number of hydrogen-bond acceptors (Lipinski definition) is 2. The lowest BCUT2D eigenvalue weighted by molar-refractivity contribution is -0.137. The minimum atomic E-state index is -0.0812. The lowest BCUT2D eigenvalue weighted by Crippen LogP contribution is -2.46. The maximum absolute atomic E-state index is 12.2. The van der Waals surface area contributed by atoms with Crippen LogP contribution in [0.25, 0.3) is 0 Å². The SMILES string of the molecule is CC(=O)N(CC(=O)NCc1cccc(C)c1)C1CCCCC1. The van der Waals surface area contributed by atoms with Crippen molar-refractivity contribution < 1.29 is 9.59 Å². The van der Waals surface area contributed by atoms with E-state index in [1.54, 1.807) is 11.8 Å². The van der Waals surface area contributed by atoms with Crippen LogP contribution in [0, 0.1) is 6.92 Å². The van der Waals surface area contributed by atoms with E-state index in [1.165, 1.54) is 12.0 Å². The molecule has 0 spiro atoms. The van der Waals surface area contributed by atoms with E-state index >= 15 is 0 Å². The predicted octanol–water partition coefficient (Wildman–Crippen LogP) is 2.79. The van der Waals surface area contributed by atoms with Crippen molar-refractivity contribution in [3.8, 4) is 0 Å². The van der Waals surface area contributed by atoms with Crippen LogP contribution in [0.5, 0.6) is 0 Å². The van der Waals surface area contributed by atoms with Gasteiger partial charge in [0.25, 0.3) is 0 Å². The minimum Gasteiger partial charge on any atom is -0.350 e. The minimum absolute atomic E-state index is 0.00222. The molecule has 120 valence electrons. The second-order valence-corrected chi connectivity index (χ2v) is 6.20. The van der Waals surface area contributed by atoms with Gasteiger partial charge in [0.2, 0.25) is 11.8 Å². The molecule has 0 unspecified atom stereocenters. The Hall–Kier alpha value is -1.84. The van der Waals surface area contributed by atoms with Gasteiger partial charge in [-0.25, -0.2) is 0 Å². The first-order valence-electron chi connectivity index (χ1n) is 8.15. The Balaban J connectivity index is 1.86. The zero-order valence-electron chi connectivity index (χ0n) is 13.6. The highest BCUT2D eigenvalue weighted by Crippen LogP contribution is 2.22. The van der Waals surface area contributed by atoms with E-state index < -0.39 is 0 Å². The first-order chi connectivity index (χ1) is 10.6. The van der Waals surface area contributed by atoms with Gasteiger partial charge in [-0.2, -0.15) is 0 Å². The van der Waals surface area contributed by atoms with Crippen molar-refractivity contribution in [2.45, 2.75) is 58.5 Å². The van der Waals surface area contributed by atoms with Crippen LogP contribution in [-0.2, 0) is 16.1 Å². The van der Waals surface area contributed by atoms with E-state index in [-0.39, 0.29) is 24.4 Å². The second-order valence-electron chi connectivity index (χ2n) is 6.20. The van der Waals surface area contributed by atoms with Crippen LogP contribution >= 0.6 is 0 Å². The Morgan fingerprint density at radius 1 is 1.23 bits per heavy atom. The Morgan fingerprint density at radius 3 is 2.59 bits per heavy atom. The van der Waals surface area contributed by atoms with E-state index in [0.29, 0.717) is 6.54 Å². The second kappa shape index (κ2) is 7.97. The summed E-state index contributed by atoms with van der Waals surface area (Å²) in [6, 6.07) is 8.31. The number of benzene rings is 1. The average molecular weight is 302 g/mol. The van der Waals surface area contributed by atoms with Crippen molar-refractivity contribution in [1.82, 2.24) is 10.2 Å². The molecule has 2 rings (SSSR count). The molecule has 4 nitrogen and oxygen atoms in total. The van der Waals surface area contributed by atoms with Crippen LogP contribution < -0.4 is 5.32 Å². The van der Waals surface area contributed by atoms with E-state index in [9.17, 15) is 9.59 Å². The van der Waals surface area contributed by atoms with Crippen LogP contribution in [0.2, 0.25) is 0 Å². The van der Waals surface area contributed by atoms with Crippen molar-refractivity contribution >= 4 is 11.8 Å². The number of carbonyl (C=O) groups excluding carboxylic acids is 2. The molecule has 1 aliphatic rings. The molecule has 2 amide bonds. The van der Waals surface area contributed by atoms with Gasteiger partial charge in [0.15, 0.2) is 0 Å². The third kappa shape index (κ3) is 4.86. The maximum Gasteiger partial charge on any atom is 0.239 e. The summed E-state index contributed by atoms with van der Waals surface area (Å²) < 4.78 is 0. The molecule has 0 aromatic heterocycles. The molecule has 0 aliphatic heterocycles. The average Bonchev–Trinajstić information content (AvgIpc) is 2.51. The van der Waals surface area contributed by atoms with Gasteiger partial charge in [0.1, 0.15) is 0 Å². The monoisotopic (exact) mass is 302 g/mol. The number of amides is 2. The molecule has 1 saturated carbocycles. The lowest BCUT2D eigenvalue weighted by atomic mass is 9.94. The summed E-state index contributed by atoms with van der Waals surface area (Å²) in [7, 11) is 0. The Morgan fingerprint density at radius 2 is 1.95 bits per heavy atom. The van der Waals surface area contributed by atoms with Crippen LogP contribution in [0.1, 0.15) is 50.2 Å². The number of rotatable bonds is 5. The van der Waals surface area contributed by atoms with Crippen molar-refractivity contribution in [1.29, 1.82) is 0 Å². The van der Waals surface area contributed by atoms with Gasteiger partial charge < -0.3 is 10.2 Å². The highest BCUT2D eigenvalue weighted by atomic mass is 16.2. The smallest absolute Gasteiger partial charge is 0.239 e. The zero-order chi connectivity index (χ0) is 15.9. The molecular weight excluding hydrogens is 276 g/mol. The standard InChI is InChI=1S/C18H26N2O2/c1-14-7-6-8-16(11-14)12-19-18(22)13-20(15(2)21)17-9-4-3-5-10-17/h6-8,11,17H,3-5,9-10,12-13H2,1-2H3,(H,19,22). The fourth-order valence-corrected chi connectivity index (χ4v) is 3.12. The van der Waals surface area contributed by atoms with Gasteiger partial charge in [-0.3, -0.25) is 9.59 Å². The fourth-order valence-electron chi connectivity index (χ4n) is 3.12. The number of carbonyl (C=O) groups is 2. The van der Waals surface area contributed by atoms with E-state index in [2.05, 4.69) is 11.4 Å². The van der Waals surface area contributed by atoms with Crippen molar-refractivity contribution in [2.75, 3.05) is 6.54 Å². The number of hydrogen-bond donors (Lipinski definition) is 1. The van der Waals surface area contributed by atoms with Crippen LogP contribution in [0.15, 0.2) is 24.3 Å². The van der Waals surface area contributed by atoms with Crippen molar-refractivity contribution in [2.24, 2.45) is 0 Å². The van der Waals surface area contributed by atoms with Gasteiger partial charge in [-0.1, -0.05) is 49.1 Å². The number of nitrogens with one attached hydrogen (secondary N) is 1. The molecular formula is C18H26N2O2. The van der Waals surface area contributed by atoms with Crippen molar-refractivity contribution in [3.63, 3.8) is 0 Å². The largest absolute Gasteiger partial charge is 0.350 e. The zero-order valence-corrected chi connectivity index (χ0v) is 13.6. The third-order valence-electron chi connectivity index (χ3n) is 4.31. The first-order valence-corrected chi connectivity index (χ1v) is 8.15. The third-order valence-corrected chi connectivity index (χ3v) is 4.31. The van der Waals surface area contributed by atoms with Crippen LogP contribution in [0.3, 0.4) is 0 Å². The highest BCUT2D eigenvalue weighted by Gasteiger charge is 2.24. The fraction of sp³-hybridized carbons (Fsp3) is 0.556. The van der Waals surface area contributed by atoms with Crippen molar-refractivity contribution in [3.05, 3.63) is 35.4 Å². The van der Waals surface area contributed by atoms with Gasteiger partial charge in [0, 0.05) is 19.5 Å². The first kappa shape index (κ1) is 16.5. The predicted molar refractivity (Wildman–Crippen MR) is 87.3 cm³/mol. The highest BCUT2D eigenvalue weighted by molar-refractivity contribution is 5.84. The quantitative estimate of drug-likeness (QED) is 0.909. The molecule has 1 aliphatic carbocycles. The summed E-state index contributed by atoms with van der Waals surface area (Å²) in [6.07, 6.45) is 5.58. The molecule has 4 heteroatoms. The molecule has 0 atom stereocenters. The summed E-state index contributed by atoms with van der Waals surface area (Å²) in [4.78, 5) is 25.7. The van der Waals surface area contributed by atoms with E-state index in [1.807, 2.05) is 25.1 Å². The normalized spacial score (nSPS) is 15.4. The number of nitrogens with zero attached hydrogens (tertiary/aromatic N) is 1. The Kier molecular flexibility index (Phi) is 5.99. The lowest BCUT2D eigenvalue weighted by Gasteiger charge is -2.33. The van der Waals surface area contributed by atoms with Crippen LogP contribution in [-0.4, -0.2) is 29.3 Å². The summed E-state index contributed by atoms with van der Waals surface area (Å²) in [5.41, 5.74) is 2.26. The molecule has 1 N–H and O–H groups in total. The topological polar surface area (TPSA) is 49.4 Å². The van der Waals surface area contributed by atoms with E-state index in [0.717, 1.165) is 31.2 Å². The molecule has 0 radical (unpaired) electrons. The summed E-state index contributed by atoms with van der Waals surface area (Å²) in [5.74, 6) is -0.0834. The van der Waals surface area contributed by atoms with E-state index in [4.69, 9.17) is 0 Å². The summed E-state index contributed by atoms with van der Waals surface area (Å²) in [6.45, 7) is 4.27. The van der Waals surface area contributed by atoms with Gasteiger partial charge in [0.05, 0.1) is 6.54 Å². The summed E-state index contributed by atoms with van der Waals surface area (Å²) in [5, 5.41) is 2.92. The molecule has 1 aromatic carbocycles. The molecule has 22 heavy (non-hydrogen) atoms. The maximum atomic E-state index is 12.2. The number of aryl methyl sites for hydroxylation is 1. The summed E-state index contributed by atoms with van der Waals surface area (Å²) >= 11 is 0. The molecule has 0 bridgehead atoms. The molecule has 1 fully saturated rings. The molecule has 0 saturated heterocycles. The Bertz CT molecular complexity index is 522. The molecule has 1 aromatic rings. The van der Waals surface area contributed by atoms with Gasteiger partial charge in [-0.15, -0.1) is 0 Å². The molecule has 0 heterocycles. The Labute approximate surface area is 132 Å².